The van der Waals surface area contributed by atoms with Crippen molar-refractivity contribution in [2.24, 2.45) is 0 Å². The highest BCUT2D eigenvalue weighted by Crippen LogP contribution is 2.44. The monoisotopic (exact) mass is 172 g/mol. The third-order valence-electron chi connectivity index (χ3n) is 2.93. The molecule has 0 spiro atoms. The quantitative estimate of drug-likeness (QED) is 0.642. The van der Waals surface area contributed by atoms with Gasteiger partial charge in [0, 0.05) is 12.8 Å². The van der Waals surface area contributed by atoms with Crippen LogP contribution in [0.3, 0.4) is 0 Å². The maximum absolute atomic E-state index is 9.59. The maximum atomic E-state index is 9.59. The molecule has 0 aromatic rings. The van der Waals surface area contributed by atoms with E-state index in [0.717, 1.165) is 12.8 Å². The van der Waals surface area contributed by atoms with Crippen LogP contribution in [0.25, 0.3) is 0 Å². The first-order valence-electron chi connectivity index (χ1n) is 4.60. The Morgan fingerprint density at radius 3 is 2.92 bits per heavy atom. The molecule has 3 atom stereocenters. The molecule has 0 saturated carbocycles. The molecule has 3 nitrogen and oxygen atoms in total. The molecular weight excluding hydrogens is 156 g/mol. The summed E-state index contributed by atoms with van der Waals surface area (Å²) in [5.41, 5.74) is -0.202. The summed E-state index contributed by atoms with van der Waals surface area (Å²) < 4.78 is 11.4. The molecule has 0 amide bonds. The number of hydrogen-bond acceptors (Lipinski definition) is 3. The van der Waals surface area contributed by atoms with E-state index < -0.39 is 5.79 Å². The highest BCUT2D eigenvalue weighted by atomic mass is 16.8. The van der Waals surface area contributed by atoms with Gasteiger partial charge in [-0.05, 0) is 13.3 Å². The average Bonchev–Trinajstić information content (AvgIpc) is 2.23. The number of ether oxygens (including phenoxy) is 2. The Kier molecular flexibility index (Phi) is 1.72. The minimum absolute atomic E-state index is 0.202. The normalized spacial score (nSPS) is 52.8. The van der Waals surface area contributed by atoms with Gasteiger partial charge in [0.1, 0.15) is 0 Å². The second-order valence-electron chi connectivity index (χ2n) is 4.12. The Morgan fingerprint density at radius 2 is 2.25 bits per heavy atom. The van der Waals surface area contributed by atoms with Gasteiger partial charge >= 0.3 is 0 Å². The molecular formula is C9H16O3. The summed E-state index contributed by atoms with van der Waals surface area (Å²) in [6, 6.07) is 0. The summed E-state index contributed by atoms with van der Waals surface area (Å²) in [5, 5.41) is 9.59. The van der Waals surface area contributed by atoms with Crippen LogP contribution in [-0.2, 0) is 9.47 Å². The van der Waals surface area contributed by atoms with Crippen molar-refractivity contribution in [3.8, 4) is 0 Å². The highest BCUT2D eigenvalue weighted by Gasteiger charge is 2.52. The number of aliphatic hydroxyl groups excluding tert-OH is 1. The summed E-state index contributed by atoms with van der Waals surface area (Å²) in [6.45, 7) is 4.62. The molecule has 0 aliphatic carbocycles. The lowest BCUT2D eigenvalue weighted by Crippen LogP contribution is -2.45. The minimum atomic E-state index is -0.520. The highest BCUT2D eigenvalue weighted by molar-refractivity contribution is 4.96. The molecule has 1 N–H and O–H groups in total. The van der Waals surface area contributed by atoms with E-state index in [9.17, 15) is 5.11 Å². The summed E-state index contributed by atoms with van der Waals surface area (Å²) in [7, 11) is 0. The van der Waals surface area contributed by atoms with Gasteiger partial charge in [-0.2, -0.15) is 0 Å². The van der Waals surface area contributed by atoms with Crippen LogP contribution in [-0.4, -0.2) is 29.2 Å². The summed E-state index contributed by atoms with van der Waals surface area (Å²) in [4.78, 5) is 0. The van der Waals surface area contributed by atoms with Crippen LogP contribution >= 0.6 is 0 Å². The molecule has 2 aliphatic rings. The third-order valence-corrected chi connectivity index (χ3v) is 2.93. The second kappa shape index (κ2) is 2.44. The molecule has 0 unspecified atom stereocenters. The van der Waals surface area contributed by atoms with Crippen molar-refractivity contribution < 1.29 is 14.6 Å². The molecule has 2 rings (SSSR count). The predicted molar refractivity (Wildman–Crippen MR) is 43.7 cm³/mol. The number of aliphatic hydroxyl groups is 1. The SMILES string of the molecule is CC[C@@]12CO[C@@](C)(C[C@H](O)C1)O2. The number of hydrogen-bond donors (Lipinski definition) is 1. The first-order chi connectivity index (χ1) is 5.58. The Labute approximate surface area is 72.7 Å². The van der Waals surface area contributed by atoms with E-state index in [-0.39, 0.29) is 11.7 Å². The van der Waals surface area contributed by atoms with Crippen molar-refractivity contribution in [1.29, 1.82) is 0 Å². The van der Waals surface area contributed by atoms with Crippen molar-refractivity contribution in [1.82, 2.24) is 0 Å². The number of fused-ring (bicyclic) bond motifs is 2. The lowest BCUT2D eigenvalue weighted by molar-refractivity contribution is -0.223. The standard InChI is InChI=1S/C9H16O3/c1-3-9-5-7(10)4-8(2,12-9)11-6-9/h7,10H,3-6H2,1-2H3/t7-,8+,9-/m0/s1. The summed E-state index contributed by atoms with van der Waals surface area (Å²) >= 11 is 0. The van der Waals surface area contributed by atoms with Crippen LogP contribution in [0.15, 0.2) is 0 Å². The van der Waals surface area contributed by atoms with E-state index in [1.54, 1.807) is 0 Å². The number of rotatable bonds is 1. The van der Waals surface area contributed by atoms with Gasteiger partial charge in [0.2, 0.25) is 0 Å². The van der Waals surface area contributed by atoms with Gasteiger partial charge in [0.25, 0.3) is 0 Å². The van der Waals surface area contributed by atoms with Crippen molar-refractivity contribution in [2.45, 2.75) is 50.6 Å². The smallest absolute Gasteiger partial charge is 0.168 e. The topological polar surface area (TPSA) is 38.7 Å². The Morgan fingerprint density at radius 1 is 1.50 bits per heavy atom. The molecule has 2 heterocycles. The third kappa shape index (κ3) is 1.16. The molecule has 2 saturated heterocycles. The molecule has 0 aromatic heterocycles. The molecule has 12 heavy (non-hydrogen) atoms. The van der Waals surface area contributed by atoms with Gasteiger partial charge in [-0.25, -0.2) is 0 Å². The second-order valence-corrected chi connectivity index (χ2v) is 4.12. The van der Waals surface area contributed by atoms with Crippen LogP contribution < -0.4 is 0 Å². The Hall–Kier alpha value is -0.120. The Bertz CT molecular complexity index is 194. The fourth-order valence-electron chi connectivity index (χ4n) is 2.25. The summed E-state index contributed by atoms with van der Waals surface area (Å²) in [5.74, 6) is -0.520. The first kappa shape index (κ1) is 8.48. The van der Waals surface area contributed by atoms with Crippen molar-refractivity contribution in [3.63, 3.8) is 0 Å². The van der Waals surface area contributed by atoms with Gasteiger partial charge in [0.15, 0.2) is 5.79 Å². The minimum Gasteiger partial charge on any atom is -0.393 e. The van der Waals surface area contributed by atoms with Crippen LogP contribution in [0.4, 0.5) is 0 Å². The van der Waals surface area contributed by atoms with E-state index in [2.05, 4.69) is 6.92 Å². The molecule has 0 radical (unpaired) electrons. The lowest BCUT2D eigenvalue weighted by Gasteiger charge is -2.37. The van der Waals surface area contributed by atoms with Crippen LogP contribution in [0.5, 0.6) is 0 Å². The van der Waals surface area contributed by atoms with Crippen molar-refractivity contribution >= 4 is 0 Å². The largest absolute Gasteiger partial charge is 0.393 e. The van der Waals surface area contributed by atoms with Crippen molar-refractivity contribution in [3.05, 3.63) is 0 Å². The van der Waals surface area contributed by atoms with Crippen LogP contribution in [0.2, 0.25) is 0 Å². The van der Waals surface area contributed by atoms with Crippen LogP contribution in [0, 0.1) is 0 Å². The molecule has 0 aromatic carbocycles. The van der Waals surface area contributed by atoms with Gasteiger partial charge in [-0.1, -0.05) is 6.92 Å². The zero-order valence-corrected chi connectivity index (χ0v) is 7.67. The zero-order valence-electron chi connectivity index (χ0n) is 7.67. The van der Waals surface area contributed by atoms with E-state index in [4.69, 9.17) is 9.47 Å². The lowest BCUT2D eigenvalue weighted by atomic mass is 9.89. The van der Waals surface area contributed by atoms with E-state index >= 15 is 0 Å². The molecule has 2 fully saturated rings. The predicted octanol–water partition coefficient (Wildman–Crippen LogP) is 1.05. The van der Waals surface area contributed by atoms with E-state index in [1.807, 2.05) is 6.92 Å². The molecule has 3 heteroatoms. The van der Waals surface area contributed by atoms with Gasteiger partial charge in [-0.3, -0.25) is 0 Å². The molecule has 2 aliphatic heterocycles. The van der Waals surface area contributed by atoms with Crippen LogP contribution in [0.1, 0.15) is 33.1 Å². The fraction of sp³-hybridized carbons (Fsp3) is 1.00. The van der Waals surface area contributed by atoms with Crippen molar-refractivity contribution in [2.75, 3.05) is 6.61 Å². The molecule has 70 valence electrons. The van der Waals surface area contributed by atoms with Gasteiger partial charge in [-0.15, -0.1) is 0 Å². The average molecular weight is 172 g/mol. The van der Waals surface area contributed by atoms with E-state index in [1.165, 1.54) is 0 Å². The first-order valence-corrected chi connectivity index (χ1v) is 4.60. The summed E-state index contributed by atoms with van der Waals surface area (Å²) in [6.07, 6.45) is 1.99. The Balaban J connectivity index is 2.20. The van der Waals surface area contributed by atoms with E-state index in [0.29, 0.717) is 13.0 Å². The molecule has 2 bridgehead atoms. The van der Waals surface area contributed by atoms with Gasteiger partial charge < -0.3 is 14.6 Å². The fourth-order valence-corrected chi connectivity index (χ4v) is 2.25. The van der Waals surface area contributed by atoms with Gasteiger partial charge in [0.05, 0.1) is 18.3 Å². The maximum Gasteiger partial charge on any atom is 0.168 e. The zero-order chi connectivity index (χ0) is 8.82.